The van der Waals surface area contributed by atoms with Gasteiger partial charge in [0, 0.05) is 11.5 Å². The van der Waals surface area contributed by atoms with Crippen molar-refractivity contribution in [2.45, 2.75) is 51.0 Å². The Morgan fingerprint density at radius 1 is 1.30 bits per heavy atom. The van der Waals surface area contributed by atoms with E-state index in [2.05, 4.69) is 15.7 Å². The van der Waals surface area contributed by atoms with Crippen LogP contribution in [0.4, 0.5) is 36.4 Å². The number of hydrogen-bond donors (Lipinski definition) is 2. The lowest BCUT2D eigenvalue weighted by Gasteiger charge is -2.33. The number of amides is 1. The summed E-state index contributed by atoms with van der Waals surface area (Å²) in [5.74, 6) is -6.95. The van der Waals surface area contributed by atoms with Crippen LogP contribution in [0.5, 0.6) is 5.75 Å². The Balaban J connectivity index is 2.08. The zero-order chi connectivity index (χ0) is 24.9. The molecule has 1 aliphatic heterocycles. The third kappa shape index (κ3) is 4.13. The van der Waals surface area contributed by atoms with Gasteiger partial charge in [0.1, 0.15) is 5.54 Å². The van der Waals surface area contributed by atoms with Crippen LogP contribution in [0.25, 0.3) is 0 Å². The van der Waals surface area contributed by atoms with Crippen molar-refractivity contribution in [2.24, 2.45) is 5.92 Å². The number of halogens is 7. The fraction of sp³-hybridized carbons (Fsp3) is 0.500. The predicted octanol–water partition coefficient (Wildman–Crippen LogP) is 4.52. The van der Waals surface area contributed by atoms with E-state index in [1.54, 1.807) is 0 Å². The molecule has 0 unspecified atom stereocenters. The van der Waals surface area contributed by atoms with Gasteiger partial charge in [-0.1, -0.05) is 13.0 Å². The number of methoxy groups -OCH3 is 1. The monoisotopic (exact) mass is 482 g/mol. The molecule has 0 radical (unpaired) electrons. The predicted molar refractivity (Wildman–Crippen MR) is 103 cm³/mol. The van der Waals surface area contributed by atoms with E-state index in [-0.39, 0.29) is 21.6 Å². The number of aromatic nitrogens is 2. The van der Waals surface area contributed by atoms with E-state index in [1.807, 2.05) is 0 Å². The number of carbonyl (C=O) groups is 1. The molecule has 0 bridgehead atoms. The fourth-order valence-corrected chi connectivity index (χ4v) is 4.14. The summed E-state index contributed by atoms with van der Waals surface area (Å²) in [7, 11) is 1.02. The molecule has 33 heavy (non-hydrogen) atoms. The number of alkyl halides is 5. The van der Waals surface area contributed by atoms with Gasteiger partial charge < -0.3 is 10.1 Å². The van der Waals surface area contributed by atoms with E-state index in [1.165, 1.54) is 13.8 Å². The summed E-state index contributed by atoms with van der Waals surface area (Å²) < 4.78 is 101. The molecule has 0 spiro atoms. The molecule has 1 aliphatic rings. The van der Waals surface area contributed by atoms with Gasteiger partial charge in [-0.2, -0.15) is 31.4 Å². The van der Waals surface area contributed by atoms with Crippen LogP contribution in [0.2, 0.25) is 0 Å². The maximum absolute atomic E-state index is 14.4. The molecule has 1 fully saturated rings. The zero-order valence-corrected chi connectivity index (χ0v) is 17.9. The summed E-state index contributed by atoms with van der Waals surface area (Å²) in [6, 6.07) is 0.192. The molecule has 4 atom stereocenters. The molecular formula is C20H21F7N4O2. The first-order valence-electron chi connectivity index (χ1n) is 9.74. The number of anilines is 1. The summed E-state index contributed by atoms with van der Waals surface area (Å²) in [4.78, 5) is 13.1. The molecule has 2 aromatic rings. The van der Waals surface area contributed by atoms with Crippen LogP contribution in [-0.4, -0.2) is 40.6 Å². The first-order chi connectivity index (χ1) is 15.2. The minimum absolute atomic E-state index is 0.00948. The standard InChI is InChI=1S/C20H21F7N4O2/c1-8-13(10-5-6-11(21)14(22)16(10)33-4)15(29-19(8,3)20(25,26)27)17(32)28-12-7-31(18(23)24)30-9(12)2/h5-8,13,15,18,29H,1-4H3,(H,28,32)/t8-,13-,15+,19+/m0/s1. The van der Waals surface area contributed by atoms with Crippen LogP contribution in [-0.2, 0) is 4.79 Å². The zero-order valence-electron chi connectivity index (χ0n) is 17.9. The van der Waals surface area contributed by atoms with Crippen LogP contribution in [0.15, 0.2) is 18.3 Å². The van der Waals surface area contributed by atoms with Crippen molar-refractivity contribution in [3.05, 3.63) is 41.2 Å². The van der Waals surface area contributed by atoms with Gasteiger partial charge in [-0.3, -0.25) is 10.1 Å². The Kier molecular flexibility index (Phi) is 6.39. The van der Waals surface area contributed by atoms with Gasteiger partial charge in [-0.05, 0) is 25.8 Å². The number of carbonyl (C=O) groups excluding carboxylic acids is 1. The van der Waals surface area contributed by atoms with Gasteiger partial charge in [0.05, 0.1) is 30.7 Å². The number of nitrogens with one attached hydrogen (secondary N) is 2. The highest BCUT2D eigenvalue weighted by atomic mass is 19.4. The molecule has 0 saturated carbocycles. The van der Waals surface area contributed by atoms with Gasteiger partial charge in [0.25, 0.3) is 0 Å². The van der Waals surface area contributed by atoms with Crippen LogP contribution < -0.4 is 15.4 Å². The second-order valence-electron chi connectivity index (χ2n) is 8.00. The molecule has 1 amide bonds. The molecule has 1 saturated heterocycles. The minimum atomic E-state index is -4.82. The van der Waals surface area contributed by atoms with Crippen LogP contribution >= 0.6 is 0 Å². The van der Waals surface area contributed by atoms with Crippen molar-refractivity contribution in [3.8, 4) is 5.75 Å². The Morgan fingerprint density at radius 2 is 1.94 bits per heavy atom. The smallest absolute Gasteiger partial charge is 0.406 e. The highest BCUT2D eigenvalue weighted by molar-refractivity contribution is 5.96. The van der Waals surface area contributed by atoms with Crippen LogP contribution in [0.1, 0.15) is 37.6 Å². The Bertz CT molecular complexity index is 1060. The lowest BCUT2D eigenvalue weighted by Crippen LogP contribution is -2.56. The molecule has 2 heterocycles. The Hall–Kier alpha value is -2.83. The second-order valence-corrected chi connectivity index (χ2v) is 8.00. The normalized spacial score (nSPS) is 25.5. The van der Waals surface area contributed by atoms with Gasteiger partial charge in [0.2, 0.25) is 11.7 Å². The molecule has 2 N–H and O–H groups in total. The van der Waals surface area contributed by atoms with Crippen molar-refractivity contribution >= 4 is 11.6 Å². The second kappa shape index (κ2) is 8.50. The molecule has 3 rings (SSSR count). The highest BCUT2D eigenvalue weighted by Crippen LogP contribution is 2.51. The third-order valence-electron chi connectivity index (χ3n) is 6.15. The van der Waals surface area contributed by atoms with Crippen LogP contribution in [0.3, 0.4) is 0 Å². The number of benzene rings is 1. The maximum Gasteiger partial charge on any atom is 0.406 e. The summed E-state index contributed by atoms with van der Waals surface area (Å²) in [5, 5.41) is 8.12. The van der Waals surface area contributed by atoms with Crippen LogP contribution in [0, 0.1) is 24.5 Å². The summed E-state index contributed by atoms with van der Waals surface area (Å²) in [5.41, 5.74) is -2.86. The number of hydrogen-bond acceptors (Lipinski definition) is 4. The summed E-state index contributed by atoms with van der Waals surface area (Å²) in [6.45, 7) is 0.407. The molecule has 182 valence electrons. The molecule has 1 aromatic heterocycles. The Labute approximate surface area is 184 Å². The lowest BCUT2D eigenvalue weighted by molar-refractivity contribution is -0.198. The number of rotatable bonds is 5. The average molecular weight is 482 g/mol. The van der Waals surface area contributed by atoms with Crippen molar-refractivity contribution in [1.29, 1.82) is 0 Å². The largest absolute Gasteiger partial charge is 0.493 e. The molecular weight excluding hydrogens is 461 g/mol. The number of ether oxygens (including phenoxy) is 1. The molecule has 1 aromatic carbocycles. The first-order valence-corrected chi connectivity index (χ1v) is 9.74. The van der Waals surface area contributed by atoms with Crippen molar-refractivity contribution in [1.82, 2.24) is 15.1 Å². The highest BCUT2D eigenvalue weighted by Gasteiger charge is 2.64. The van der Waals surface area contributed by atoms with Gasteiger partial charge in [-0.15, -0.1) is 0 Å². The van der Waals surface area contributed by atoms with E-state index >= 15 is 0 Å². The van der Waals surface area contributed by atoms with Crippen molar-refractivity contribution < 1.29 is 40.3 Å². The van der Waals surface area contributed by atoms with Gasteiger partial charge >= 0.3 is 12.7 Å². The molecule has 6 nitrogen and oxygen atoms in total. The SMILES string of the molecule is COc1c([C@H]2[C@H](C(=O)Nc3cn(C(F)F)nc3C)N[C@@](C)(C(F)(F)F)[C@H]2C)ccc(F)c1F. The Morgan fingerprint density at radius 3 is 2.45 bits per heavy atom. The fourth-order valence-electron chi connectivity index (χ4n) is 4.14. The summed E-state index contributed by atoms with van der Waals surface area (Å²) >= 11 is 0. The average Bonchev–Trinajstić information content (AvgIpc) is 3.22. The summed E-state index contributed by atoms with van der Waals surface area (Å²) in [6.07, 6.45) is -3.98. The molecule has 0 aliphatic carbocycles. The minimum Gasteiger partial charge on any atom is -0.493 e. The number of nitrogens with zero attached hydrogens (tertiary/aromatic N) is 2. The lowest BCUT2D eigenvalue weighted by atomic mass is 9.76. The first kappa shape index (κ1) is 24.8. The van der Waals surface area contributed by atoms with E-state index in [9.17, 15) is 35.5 Å². The topological polar surface area (TPSA) is 68.2 Å². The van der Waals surface area contributed by atoms with Crippen molar-refractivity contribution in [3.63, 3.8) is 0 Å². The van der Waals surface area contributed by atoms with E-state index in [4.69, 9.17) is 4.74 Å². The third-order valence-corrected chi connectivity index (χ3v) is 6.15. The maximum atomic E-state index is 14.4. The van der Waals surface area contributed by atoms with Crippen molar-refractivity contribution in [2.75, 3.05) is 12.4 Å². The van der Waals surface area contributed by atoms with E-state index < -0.39 is 59.4 Å². The van der Waals surface area contributed by atoms with Gasteiger partial charge in [-0.25, -0.2) is 9.07 Å². The van der Waals surface area contributed by atoms with E-state index in [0.717, 1.165) is 32.4 Å². The molecule has 13 heteroatoms. The quantitative estimate of drug-likeness (QED) is 0.615. The van der Waals surface area contributed by atoms with E-state index in [0.29, 0.717) is 0 Å². The van der Waals surface area contributed by atoms with Gasteiger partial charge in [0.15, 0.2) is 11.6 Å². The number of aryl methyl sites for hydroxylation is 1.